The van der Waals surface area contributed by atoms with Crippen LogP contribution in [0.4, 0.5) is 5.69 Å². The van der Waals surface area contributed by atoms with Crippen molar-refractivity contribution < 1.29 is 0 Å². The molecule has 0 heterocycles. The molecular formula is C18H24N2. The third kappa shape index (κ3) is 5.06. The van der Waals surface area contributed by atoms with Gasteiger partial charge in [0.2, 0.25) is 0 Å². The van der Waals surface area contributed by atoms with E-state index in [1.165, 1.54) is 17.5 Å². The third-order valence-corrected chi connectivity index (χ3v) is 3.50. The van der Waals surface area contributed by atoms with Gasteiger partial charge < -0.3 is 11.1 Å². The van der Waals surface area contributed by atoms with E-state index in [0.29, 0.717) is 6.04 Å². The summed E-state index contributed by atoms with van der Waals surface area (Å²) in [6.07, 6.45) is 3.37. The number of nitrogens with one attached hydrogen (secondary N) is 1. The number of hydrogen-bond donors (Lipinski definition) is 2. The highest BCUT2D eigenvalue weighted by molar-refractivity contribution is 5.39. The SMILES string of the molecule is CC(Cc1ccc(N)cc1)NCCCc1ccccc1. The second kappa shape index (κ2) is 7.71. The lowest BCUT2D eigenvalue weighted by Gasteiger charge is -2.14. The number of anilines is 1. The van der Waals surface area contributed by atoms with Gasteiger partial charge in [-0.3, -0.25) is 0 Å². The van der Waals surface area contributed by atoms with Crippen molar-refractivity contribution in [3.63, 3.8) is 0 Å². The van der Waals surface area contributed by atoms with Gasteiger partial charge in [0.15, 0.2) is 0 Å². The molecule has 1 unspecified atom stereocenters. The number of hydrogen-bond acceptors (Lipinski definition) is 2. The minimum Gasteiger partial charge on any atom is -0.399 e. The van der Waals surface area contributed by atoms with E-state index < -0.39 is 0 Å². The molecule has 0 spiro atoms. The third-order valence-electron chi connectivity index (χ3n) is 3.50. The summed E-state index contributed by atoms with van der Waals surface area (Å²) in [5, 5.41) is 3.58. The normalized spacial score (nSPS) is 12.2. The summed E-state index contributed by atoms with van der Waals surface area (Å²) < 4.78 is 0. The Bertz CT molecular complexity index is 491. The Balaban J connectivity index is 1.65. The molecule has 0 amide bonds. The second-order valence-electron chi connectivity index (χ2n) is 5.39. The van der Waals surface area contributed by atoms with Crippen molar-refractivity contribution >= 4 is 5.69 Å². The van der Waals surface area contributed by atoms with Crippen LogP contribution in [0.2, 0.25) is 0 Å². The van der Waals surface area contributed by atoms with Crippen LogP contribution in [0.15, 0.2) is 54.6 Å². The molecule has 2 heteroatoms. The van der Waals surface area contributed by atoms with Crippen LogP contribution < -0.4 is 11.1 Å². The Labute approximate surface area is 122 Å². The lowest BCUT2D eigenvalue weighted by Crippen LogP contribution is -2.29. The van der Waals surface area contributed by atoms with Gasteiger partial charge in [0.25, 0.3) is 0 Å². The van der Waals surface area contributed by atoms with Gasteiger partial charge in [-0.15, -0.1) is 0 Å². The molecule has 0 radical (unpaired) electrons. The summed E-state index contributed by atoms with van der Waals surface area (Å²) in [7, 11) is 0. The van der Waals surface area contributed by atoms with Crippen molar-refractivity contribution in [2.75, 3.05) is 12.3 Å². The smallest absolute Gasteiger partial charge is 0.0314 e. The molecule has 0 saturated carbocycles. The number of aryl methyl sites for hydroxylation is 1. The Kier molecular flexibility index (Phi) is 5.63. The summed E-state index contributed by atoms with van der Waals surface area (Å²) in [5.74, 6) is 0. The van der Waals surface area contributed by atoms with E-state index in [4.69, 9.17) is 5.73 Å². The van der Waals surface area contributed by atoms with Gasteiger partial charge in [-0.05, 0) is 56.0 Å². The van der Waals surface area contributed by atoms with E-state index in [9.17, 15) is 0 Å². The summed E-state index contributed by atoms with van der Waals surface area (Å²) in [5.41, 5.74) is 9.28. The van der Waals surface area contributed by atoms with Crippen LogP contribution in [0.25, 0.3) is 0 Å². The van der Waals surface area contributed by atoms with E-state index in [1.54, 1.807) is 0 Å². The first-order chi connectivity index (χ1) is 9.74. The largest absolute Gasteiger partial charge is 0.399 e. The lowest BCUT2D eigenvalue weighted by molar-refractivity contribution is 0.534. The molecule has 0 saturated heterocycles. The zero-order valence-corrected chi connectivity index (χ0v) is 12.2. The molecule has 1 atom stereocenters. The Morgan fingerprint density at radius 3 is 2.35 bits per heavy atom. The van der Waals surface area contributed by atoms with Gasteiger partial charge in [-0.25, -0.2) is 0 Å². The van der Waals surface area contributed by atoms with Crippen molar-refractivity contribution in [1.82, 2.24) is 5.32 Å². The van der Waals surface area contributed by atoms with Crippen molar-refractivity contribution in [2.45, 2.75) is 32.2 Å². The molecular weight excluding hydrogens is 244 g/mol. The van der Waals surface area contributed by atoms with Crippen LogP contribution in [-0.4, -0.2) is 12.6 Å². The molecule has 0 aliphatic heterocycles. The number of rotatable bonds is 7. The zero-order valence-electron chi connectivity index (χ0n) is 12.2. The average molecular weight is 268 g/mol. The average Bonchev–Trinajstić information content (AvgIpc) is 2.47. The Morgan fingerprint density at radius 2 is 1.65 bits per heavy atom. The van der Waals surface area contributed by atoms with Gasteiger partial charge in [0.05, 0.1) is 0 Å². The fourth-order valence-corrected chi connectivity index (χ4v) is 2.37. The molecule has 0 aromatic heterocycles. The number of benzene rings is 2. The zero-order chi connectivity index (χ0) is 14.2. The molecule has 0 aliphatic carbocycles. The fraction of sp³-hybridized carbons (Fsp3) is 0.333. The second-order valence-corrected chi connectivity index (χ2v) is 5.39. The molecule has 2 rings (SSSR count). The van der Waals surface area contributed by atoms with Gasteiger partial charge in [-0.2, -0.15) is 0 Å². The maximum Gasteiger partial charge on any atom is 0.0314 e. The topological polar surface area (TPSA) is 38.0 Å². The van der Waals surface area contributed by atoms with Crippen molar-refractivity contribution in [3.8, 4) is 0 Å². The highest BCUT2D eigenvalue weighted by atomic mass is 14.9. The first-order valence-corrected chi connectivity index (χ1v) is 7.36. The van der Waals surface area contributed by atoms with Gasteiger partial charge in [0.1, 0.15) is 0 Å². The highest BCUT2D eigenvalue weighted by Gasteiger charge is 2.02. The fourth-order valence-electron chi connectivity index (χ4n) is 2.37. The number of nitrogens with two attached hydrogens (primary N) is 1. The van der Waals surface area contributed by atoms with Gasteiger partial charge in [0, 0.05) is 11.7 Å². The summed E-state index contributed by atoms with van der Waals surface area (Å²) >= 11 is 0. The van der Waals surface area contributed by atoms with Crippen LogP contribution in [0.1, 0.15) is 24.5 Å². The molecule has 3 N–H and O–H groups in total. The highest BCUT2D eigenvalue weighted by Crippen LogP contribution is 2.08. The molecule has 2 nitrogen and oxygen atoms in total. The lowest BCUT2D eigenvalue weighted by atomic mass is 10.1. The maximum atomic E-state index is 5.70. The Hall–Kier alpha value is -1.80. The molecule has 106 valence electrons. The van der Waals surface area contributed by atoms with Gasteiger partial charge >= 0.3 is 0 Å². The van der Waals surface area contributed by atoms with E-state index in [1.807, 2.05) is 12.1 Å². The molecule has 20 heavy (non-hydrogen) atoms. The molecule has 0 aliphatic rings. The van der Waals surface area contributed by atoms with Crippen LogP contribution in [0.3, 0.4) is 0 Å². The van der Waals surface area contributed by atoms with E-state index in [-0.39, 0.29) is 0 Å². The summed E-state index contributed by atoms with van der Waals surface area (Å²) in [6.45, 7) is 3.30. The molecule has 2 aromatic carbocycles. The van der Waals surface area contributed by atoms with E-state index in [2.05, 4.69) is 54.7 Å². The maximum absolute atomic E-state index is 5.70. The van der Waals surface area contributed by atoms with Crippen LogP contribution in [0, 0.1) is 0 Å². The van der Waals surface area contributed by atoms with Gasteiger partial charge in [-0.1, -0.05) is 42.5 Å². The first-order valence-electron chi connectivity index (χ1n) is 7.36. The van der Waals surface area contributed by atoms with Crippen molar-refractivity contribution in [3.05, 3.63) is 65.7 Å². The summed E-state index contributed by atoms with van der Waals surface area (Å²) in [4.78, 5) is 0. The van der Waals surface area contributed by atoms with Crippen LogP contribution >= 0.6 is 0 Å². The first kappa shape index (κ1) is 14.6. The van der Waals surface area contributed by atoms with E-state index in [0.717, 1.165) is 25.1 Å². The quantitative estimate of drug-likeness (QED) is 0.596. The predicted molar refractivity (Wildman–Crippen MR) is 86.8 cm³/mol. The van der Waals surface area contributed by atoms with Crippen molar-refractivity contribution in [1.29, 1.82) is 0 Å². The molecule has 0 bridgehead atoms. The van der Waals surface area contributed by atoms with E-state index >= 15 is 0 Å². The minimum absolute atomic E-state index is 0.495. The van der Waals surface area contributed by atoms with Crippen LogP contribution in [-0.2, 0) is 12.8 Å². The molecule has 0 fully saturated rings. The van der Waals surface area contributed by atoms with Crippen LogP contribution in [0.5, 0.6) is 0 Å². The summed E-state index contributed by atoms with van der Waals surface area (Å²) in [6, 6.07) is 19.3. The monoisotopic (exact) mass is 268 g/mol. The predicted octanol–water partition coefficient (Wildman–Crippen LogP) is 3.42. The minimum atomic E-state index is 0.495. The molecule has 2 aromatic rings. The standard InChI is InChI=1S/C18H24N2/c1-15(14-17-9-11-18(19)12-10-17)20-13-5-8-16-6-3-2-4-7-16/h2-4,6-7,9-12,15,20H,5,8,13-14,19H2,1H3. The Morgan fingerprint density at radius 1 is 0.950 bits per heavy atom. The van der Waals surface area contributed by atoms with Crippen molar-refractivity contribution in [2.24, 2.45) is 0 Å². The number of nitrogen functional groups attached to an aromatic ring is 1.